The molecule has 1 aromatic carbocycles. The highest BCUT2D eigenvalue weighted by molar-refractivity contribution is 5.93. The fraction of sp³-hybridized carbons (Fsp3) is 0.429. The summed E-state index contributed by atoms with van der Waals surface area (Å²) in [6.45, 7) is 0.321. The minimum atomic E-state index is 0.321. The van der Waals surface area contributed by atoms with Crippen molar-refractivity contribution in [1.82, 2.24) is 20.2 Å². The Morgan fingerprint density at radius 3 is 3.05 bits per heavy atom. The van der Waals surface area contributed by atoms with Gasteiger partial charge in [0.1, 0.15) is 6.54 Å². The maximum atomic E-state index is 5.95. The maximum Gasteiger partial charge on any atom is 0.196 e. The lowest BCUT2D eigenvalue weighted by molar-refractivity contribution is 0.627. The summed E-state index contributed by atoms with van der Waals surface area (Å²) in [5.74, 6) is 0.929. The molecule has 21 heavy (non-hydrogen) atoms. The molecule has 1 aliphatic carbocycles. The first-order valence-electron chi connectivity index (χ1n) is 7.13. The summed E-state index contributed by atoms with van der Waals surface area (Å²) < 4.78 is 0. The van der Waals surface area contributed by atoms with E-state index in [4.69, 9.17) is 5.73 Å². The number of nitrogens with one attached hydrogen (secondary N) is 1. The Labute approximate surface area is 123 Å². The summed E-state index contributed by atoms with van der Waals surface area (Å²) in [5.41, 5.74) is 9.78. The van der Waals surface area contributed by atoms with E-state index in [1.807, 2.05) is 6.07 Å². The standard InChI is InChI=1S/C14H19N7/c1-21-19-13(18-20-21)9-16-14(15)17-12-8-4-6-10-5-2-3-7-11(10)12/h4,6,8H,2-3,5,7,9H2,1H3,(H3,15,16,17). The number of aryl methyl sites for hydroxylation is 2. The summed E-state index contributed by atoms with van der Waals surface area (Å²) >= 11 is 0. The van der Waals surface area contributed by atoms with E-state index >= 15 is 0 Å². The van der Waals surface area contributed by atoms with Crippen LogP contribution in [0.1, 0.15) is 29.8 Å². The van der Waals surface area contributed by atoms with E-state index in [0.717, 1.165) is 18.5 Å². The molecule has 0 unspecified atom stereocenters. The van der Waals surface area contributed by atoms with Gasteiger partial charge in [0.15, 0.2) is 11.8 Å². The van der Waals surface area contributed by atoms with E-state index in [1.165, 1.54) is 28.8 Å². The van der Waals surface area contributed by atoms with Gasteiger partial charge in [0.25, 0.3) is 0 Å². The fourth-order valence-electron chi connectivity index (χ4n) is 2.62. The molecule has 3 N–H and O–H groups in total. The van der Waals surface area contributed by atoms with E-state index < -0.39 is 0 Å². The first-order valence-corrected chi connectivity index (χ1v) is 7.13. The van der Waals surface area contributed by atoms with Gasteiger partial charge >= 0.3 is 0 Å². The molecule has 0 radical (unpaired) electrons. The molecule has 0 aliphatic heterocycles. The monoisotopic (exact) mass is 285 g/mol. The normalized spacial score (nSPS) is 14.8. The lowest BCUT2D eigenvalue weighted by Gasteiger charge is -2.19. The van der Waals surface area contributed by atoms with E-state index in [1.54, 1.807) is 7.05 Å². The van der Waals surface area contributed by atoms with Crippen LogP contribution in [-0.4, -0.2) is 26.2 Å². The average Bonchev–Trinajstić information content (AvgIpc) is 2.91. The second-order valence-electron chi connectivity index (χ2n) is 5.17. The zero-order valence-electron chi connectivity index (χ0n) is 12.1. The maximum absolute atomic E-state index is 5.95. The van der Waals surface area contributed by atoms with Gasteiger partial charge in [0.2, 0.25) is 0 Å². The van der Waals surface area contributed by atoms with Crippen molar-refractivity contribution in [3.63, 3.8) is 0 Å². The molecule has 7 heteroatoms. The van der Waals surface area contributed by atoms with E-state index in [9.17, 15) is 0 Å². The number of aromatic nitrogens is 4. The summed E-state index contributed by atoms with van der Waals surface area (Å²) in [7, 11) is 1.72. The Morgan fingerprint density at radius 1 is 1.38 bits per heavy atom. The topological polar surface area (TPSA) is 94.0 Å². The Morgan fingerprint density at radius 2 is 2.24 bits per heavy atom. The first-order chi connectivity index (χ1) is 10.2. The van der Waals surface area contributed by atoms with E-state index in [-0.39, 0.29) is 0 Å². The highest BCUT2D eigenvalue weighted by Gasteiger charge is 2.13. The van der Waals surface area contributed by atoms with Crippen molar-refractivity contribution in [1.29, 1.82) is 0 Å². The summed E-state index contributed by atoms with van der Waals surface area (Å²) in [5, 5.41) is 14.9. The third-order valence-corrected chi connectivity index (χ3v) is 3.60. The molecule has 1 aromatic heterocycles. The van der Waals surface area contributed by atoms with Gasteiger partial charge in [-0.1, -0.05) is 12.1 Å². The number of rotatable bonds is 3. The lowest BCUT2D eigenvalue weighted by Crippen LogP contribution is -2.24. The number of hydrogen-bond donors (Lipinski definition) is 2. The largest absolute Gasteiger partial charge is 0.370 e. The third-order valence-electron chi connectivity index (χ3n) is 3.60. The third kappa shape index (κ3) is 3.18. The van der Waals surface area contributed by atoms with Crippen LogP contribution in [0, 0.1) is 0 Å². The SMILES string of the molecule is Cn1nnc(CN=C(N)Nc2cccc3c2CCCC3)n1. The Bertz CT molecular complexity index is 659. The van der Waals surface area contributed by atoms with Crippen LogP contribution in [0.5, 0.6) is 0 Å². The minimum absolute atomic E-state index is 0.321. The highest BCUT2D eigenvalue weighted by Crippen LogP contribution is 2.27. The first kappa shape index (κ1) is 13.5. The van der Waals surface area contributed by atoms with Crippen molar-refractivity contribution in [2.45, 2.75) is 32.2 Å². The van der Waals surface area contributed by atoms with Crippen molar-refractivity contribution in [3.05, 3.63) is 35.2 Å². The molecule has 0 saturated carbocycles. The molecular weight excluding hydrogens is 266 g/mol. The molecule has 0 bridgehead atoms. The molecular formula is C14H19N7. The lowest BCUT2D eigenvalue weighted by atomic mass is 9.90. The number of aliphatic imine (C=N–C) groups is 1. The predicted molar refractivity (Wildman–Crippen MR) is 80.8 cm³/mol. The van der Waals surface area contributed by atoms with Crippen LogP contribution in [0.25, 0.3) is 0 Å². The van der Waals surface area contributed by atoms with Crippen LogP contribution >= 0.6 is 0 Å². The number of guanidine groups is 1. The second-order valence-corrected chi connectivity index (χ2v) is 5.17. The summed E-state index contributed by atoms with van der Waals surface area (Å²) in [6, 6.07) is 6.30. The highest BCUT2D eigenvalue weighted by atomic mass is 15.6. The van der Waals surface area contributed by atoms with Crippen molar-refractivity contribution < 1.29 is 0 Å². The van der Waals surface area contributed by atoms with Crippen LogP contribution in [0.2, 0.25) is 0 Å². The van der Waals surface area contributed by atoms with Crippen molar-refractivity contribution in [2.24, 2.45) is 17.8 Å². The van der Waals surface area contributed by atoms with Crippen molar-refractivity contribution in [2.75, 3.05) is 5.32 Å². The summed E-state index contributed by atoms with van der Waals surface area (Å²) in [6.07, 6.45) is 4.73. The minimum Gasteiger partial charge on any atom is -0.370 e. The van der Waals surface area contributed by atoms with Gasteiger partial charge in [0, 0.05) is 5.69 Å². The molecule has 0 amide bonds. The number of benzene rings is 1. The molecule has 1 aliphatic rings. The van der Waals surface area contributed by atoms with Gasteiger partial charge < -0.3 is 11.1 Å². The second kappa shape index (κ2) is 5.90. The summed E-state index contributed by atoms with van der Waals surface area (Å²) in [4.78, 5) is 5.66. The number of tetrazole rings is 1. The number of anilines is 1. The number of fused-ring (bicyclic) bond motifs is 1. The zero-order chi connectivity index (χ0) is 14.7. The molecule has 0 saturated heterocycles. The molecule has 0 atom stereocenters. The zero-order valence-corrected chi connectivity index (χ0v) is 12.1. The molecule has 3 rings (SSSR count). The van der Waals surface area contributed by atoms with Gasteiger partial charge in [-0.3, -0.25) is 0 Å². The molecule has 0 fully saturated rings. The van der Waals surface area contributed by atoms with Crippen LogP contribution < -0.4 is 11.1 Å². The van der Waals surface area contributed by atoms with Crippen LogP contribution in [-0.2, 0) is 26.4 Å². The number of hydrogen-bond acceptors (Lipinski definition) is 4. The van der Waals surface area contributed by atoms with Crippen LogP contribution in [0.3, 0.4) is 0 Å². The predicted octanol–water partition coefficient (Wildman–Crippen LogP) is 1.02. The van der Waals surface area contributed by atoms with Gasteiger partial charge in [-0.25, -0.2) is 4.99 Å². The number of nitrogens with two attached hydrogens (primary N) is 1. The quantitative estimate of drug-likeness (QED) is 0.648. The molecule has 2 aromatic rings. The van der Waals surface area contributed by atoms with Crippen LogP contribution in [0.15, 0.2) is 23.2 Å². The smallest absolute Gasteiger partial charge is 0.196 e. The Kier molecular flexibility index (Phi) is 3.81. The van der Waals surface area contributed by atoms with E-state index in [0.29, 0.717) is 18.3 Å². The van der Waals surface area contributed by atoms with Gasteiger partial charge in [-0.2, -0.15) is 4.80 Å². The van der Waals surface area contributed by atoms with Gasteiger partial charge in [0.05, 0.1) is 7.05 Å². The van der Waals surface area contributed by atoms with E-state index in [2.05, 4.69) is 37.9 Å². The van der Waals surface area contributed by atoms with Crippen molar-refractivity contribution in [3.8, 4) is 0 Å². The Balaban J connectivity index is 1.71. The molecule has 110 valence electrons. The molecule has 0 spiro atoms. The van der Waals surface area contributed by atoms with Gasteiger partial charge in [-0.05, 0) is 48.1 Å². The molecule has 7 nitrogen and oxygen atoms in total. The average molecular weight is 285 g/mol. The molecule has 1 heterocycles. The Hall–Kier alpha value is -2.44. The van der Waals surface area contributed by atoms with Gasteiger partial charge in [-0.15, -0.1) is 10.2 Å². The van der Waals surface area contributed by atoms with Crippen LogP contribution in [0.4, 0.5) is 5.69 Å². The number of nitrogens with zero attached hydrogens (tertiary/aromatic N) is 5. The van der Waals surface area contributed by atoms with Crippen molar-refractivity contribution >= 4 is 11.6 Å². The fourth-order valence-corrected chi connectivity index (χ4v) is 2.62.